The summed E-state index contributed by atoms with van der Waals surface area (Å²) in [6, 6.07) is 9.08. The number of benzene rings is 1. The molecule has 0 aromatic heterocycles. The van der Waals surface area contributed by atoms with E-state index in [-0.39, 0.29) is 18.7 Å². The summed E-state index contributed by atoms with van der Waals surface area (Å²) in [6.45, 7) is -0.0409. The van der Waals surface area contributed by atoms with Crippen molar-refractivity contribution in [2.75, 3.05) is 18.5 Å². The minimum absolute atomic E-state index is 0.0497. The molecule has 0 atom stereocenters. The summed E-state index contributed by atoms with van der Waals surface area (Å²) in [5.74, 6) is -0.517. The highest BCUT2D eigenvalue weighted by atomic mass is 79.9. The number of halogens is 1. The zero-order valence-electron chi connectivity index (χ0n) is 9.48. The summed E-state index contributed by atoms with van der Waals surface area (Å²) in [4.78, 5) is 11.4. The molecule has 5 nitrogen and oxygen atoms in total. The number of rotatable bonds is 5. The summed E-state index contributed by atoms with van der Waals surface area (Å²) >= 11 is 3.31. The van der Waals surface area contributed by atoms with Gasteiger partial charge in [0, 0.05) is 22.9 Å². The molecule has 0 unspecified atom stereocenters. The molecule has 1 aromatic rings. The molecule has 0 radical (unpaired) electrons. The van der Waals surface area contributed by atoms with Crippen LogP contribution in [0.4, 0.5) is 5.69 Å². The van der Waals surface area contributed by atoms with Gasteiger partial charge < -0.3 is 15.7 Å². The zero-order valence-corrected chi connectivity index (χ0v) is 11.1. The minimum Gasteiger partial charge on any atom is -0.395 e. The van der Waals surface area contributed by atoms with Gasteiger partial charge in [-0.15, -0.1) is 0 Å². The average molecular weight is 310 g/mol. The average Bonchev–Trinajstić information content (AvgIpc) is 2.39. The molecule has 0 aliphatic rings. The number of aliphatic hydroxyl groups is 1. The van der Waals surface area contributed by atoms with E-state index in [9.17, 15) is 4.79 Å². The molecule has 18 heavy (non-hydrogen) atoms. The van der Waals surface area contributed by atoms with Gasteiger partial charge >= 0.3 is 0 Å². The normalized spacial score (nSPS) is 10.6. The maximum atomic E-state index is 11.4. The van der Waals surface area contributed by atoms with Gasteiger partial charge in [0.25, 0.3) is 5.91 Å². The largest absolute Gasteiger partial charge is 0.395 e. The van der Waals surface area contributed by atoms with Crippen LogP contribution in [-0.2, 0) is 4.79 Å². The van der Waals surface area contributed by atoms with Gasteiger partial charge in [0.2, 0.25) is 0 Å². The van der Waals surface area contributed by atoms with Crippen molar-refractivity contribution >= 4 is 27.5 Å². The number of aliphatic hydroxyl groups excluding tert-OH is 1. The lowest BCUT2D eigenvalue weighted by Crippen LogP contribution is -2.27. The number of nitrogens with one attached hydrogen (secondary N) is 2. The number of nitriles is 1. The van der Waals surface area contributed by atoms with Crippen LogP contribution < -0.4 is 10.6 Å². The Bertz CT molecular complexity index is 477. The number of carbonyl (C=O) groups is 1. The Balaban J connectivity index is 2.66. The van der Waals surface area contributed by atoms with E-state index in [1.807, 2.05) is 12.1 Å². The molecular formula is C12H12BrN3O2. The summed E-state index contributed by atoms with van der Waals surface area (Å²) in [5.41, 5.74) is 0.715. The van der Waals surface area contributed by atoms with Crippen molar-refractivity contribution in [1.82, 2.24) is 5.32 Å². The molecule has 0 saturated carbocycles. The molecule has 0 saturated heterocycles. The van der Waals surface area contributed by atoms with E-state index in [0.29, 0.717) is 0 Å². The van der Waals surface area contributed by atoms with Gasteiger partial charge in [0.05, 0.1) is 6.61 Å². The topological polar surface area (TPSA) is 85.2 Å². The van der Waals surface area contributed by atoms with Crippen LogP contribution in [-0.4, -0.2) is 24.2 Å². The molecule has 0 aliphatic heterocycles. The third-order valence-electron chi connectivity index (χ3n) is 1.99. The van der Waals surface area contributed by atoms with Crippen molar-refractivity contribution in [3.8, 4) is 6.07 Å². The Morgan fingerprint density at radius 3 is 2.67 bits per heavy atom. The predicted molar refractivity (Wildman–Crippen MR) is 71.6 cm³/mol. The maximum Gasteiger partial charge on any atom is 0.263 e. The van der Waals surface area contributed by atoms with E-state index in [0.717, 1.165) is 10.2 Å². The molecule has 1 amide bonds. The molecule has 3 N–H and O–H groups in total. The summed E-state index contributed by atoms with van der Waals surface area (Å²) in [6.07, 6.45) is 1.33. The maximum absolute atomic E-state index is 11.4. The number of hydrogen-bond acceptors (Lipinski definition) is 4. The fraction of sp³-hybridized carbons (Fsp3) is 0.167. The third kappa shape index (κ3) is 4.57. The fourth-order valence-corrected chi connectivity index (χ4v) is 1.38. The molecule has 1 aromatic carbocycles. The van der Waals surface area contributed by atoms with Gasteiger partial charge in [0.15, 0.2) is 0 Å². The summed E-state index contributed by atoms with van der Waals surface area (Å²) in [5, 5.41) is 22.6. The Morgan fingerprint density at radius 1 is 1.44 bits per heavy atom. The molecule has 1 rings (SSSR count). The first-order valence-corrected chi connectivity index (χ1v) is 5.98. The quantitative estimate of drug-likeness (QED) is 0.566. The van der Waals surface area contributed by atoms with Crippen LogP contribution in [0, 0.1) is 11.3 Å². The van der Waals surface area contributed by atoms with Crippen molar-refractivity contribution < 1.29 is 9.90 Å². The highest BCUT2D eigenvalue weighted by Gasteiger charge is 2.07. The summed E-state index contributed by atoms with van der Waals surface area (Å²) in [7, 11) is 0. The second-order valence-corrected chi connectivity index (χ2v) is 4.22. The first-order chi connectivity index (χ1) is 8.67. The molecule has 0 fully saturated rings. The fourth-order valence-electron chi connectivity index (χ4n) is 1.11. The van der Waals surface area contributed by atoms with E-state index in [1.165, 1.54) is 6.20 Å². The SMILES string of the molecule is N#C/C(=C/Nc1ccc(Br)cc1)C(=O)NCCO. The van der Waals surface area contributed by atoms with Crippen LogP contribution in [0.15, 0.2) is 40.5 Å². The lowest BCUT2D eigenvalue weighted by molar-refractivity contribution is -0.117. The molecule has 0 aliphatic carbocycles. The van der Waals surface area contributed by atoms with Crippen molar-refractivity contribution in [2.24, 2.45) is 0 Å². The first kappa shape index (κ1) is 14.2. The summed E-state index contributed by atoms with van der Waals surface area (Å²) < 4.78 is 0.943. The molecular weight excluding hydrogens is 298 g/mol. The highest BCUT2D eigenvalue weighted by molar-refractivity contribution is 9.10. The lowest BCUT2D eigenvalue weighted by atomic mass is 10.3. The van der Waals surface area contributed by atoms with E-state index >= 15 is 0 Å². The highest BCUT2D eigenvalue weighted by Crippen LogP contribution is 2.14. The van der Waals surface area contributed by atoms with Crippen LogP contribution in [0.3, 0.4) is 0 Å². The van der Waals surface area contributed by atoms with E-state index in [1.54, 1.807) is 18.2 Å². The van der Waals surface area contributed by atoms with Gasteiger partial charge in [-0.3, -0.25) is 4.79 Å². The second kappa shape index (κ2) is 7.48. The van der Waals surface area contributed by atoms with Gasteiger partial charge in [-0.05, 0) is 24.3 Å². The third-order valence-corrected chi connectivity index (χ3v) is 2.52. The Kier molecular flexibility index (Phi) is 5.91. The van der Waals surface area contributed by atoms with E-state index in [2.05, 4.69) is 26.6 Å². The monoisotopic (exact) mass is 309 g/mol. The molecule has 0 bridgehead atoms. The van der Waals surface area contributed by atoms with Gasteiger partial charge in [-0.25, -0.2) is 0 Å². The van der Waals surface area contributed by atoms with Crippen molar-refractivity contribution in [3.63, 3.8) is 0 Å². The number of anilines is 1. The Morgan fingerprint density at radius 2 is 2.11 bits per heavy atom. The molecule has 6 heteroatoms. The zero-order chi connectivity index (χ0) is 13.4. The number of carbonyl (C=O) groups excluding carboxylic acids is 1. The standard InChI is InChI=1S/C12H12BrN3O2/c13-10-1-3-11(4-2-10)16-8-9(7-14)12(18)15-5-6-17/h1-4,8,16-17H,5-6H2,(H,15,18)/b9-8-. The Hall–Kier alpha value is -1.84. The van der Waals surface area contributed by atoms with Gasteiger partial charge in [0.1, 0.15) is 11.6 Å². The number of amides is 1. The smallest absolute Gasteiger partial charge is 0.263 e. The Labute approximate surface area is 113 Å². The van der Waals surface area contributed by atoms with E-state index in [4.69, 9.17) is 10.4 Å². The van der Waals surface area contributed by atoms with Crippen molar-refractivity contribution in [3.05, 3.63) is 40.5 Å². The molecule has 94 valence electrons. The van der Waals surface area contributed by atoms with Crippen molar-refractivity contribution in [1.29, 1.82) is 5.26 Å². The van der Waals surface area contributed by atoms with Crippen LogP contribution in [0.25, 0.3) is 0 Å². The van der Waals surface area contributed by atoms with Crippen LogP contribution in [0.2, 0.25) is 0 Å². The van der Waals surface area contributed by atoms with Crippen molar-refractivity contribution in [2.45, 2.75) is 0 Å². The van der Waals surface area contributed by atoms with E-state index < -0.39 is 5.91 Å². The second-order valence-electron chi connectivity index (χ2n) is 3.30. The van der Waals surface area contributed by atoms with Gasteiger partial charge in [-0.2, -0.15) is 5.26 Å². The van der Waals surface area contributed by atoms with Gasteiger partial charge in [-0.1, -0.05) is 15.9 Å². The predicted octanol–water partition coefficient (Wildman–Crippen LogP) is 1.38. The minimum atomic E-state index is -0.517. The van der Waals surface area contributed by atoms with Crippen LogP contribution >= 0.6 is 15.9 Å². The molecule has 0 heterocycles. The lowest BCUT2D eigenvalue weighted by Gasteiger charge is -2.03. The van der Waals surface area contributed by atoms with Crippen LogP contribution in [0.1, 0.15) is 0 Å². The number of hydrogen-bond donors (Lipinski definition) is 3. The van der Waals surface area contributed by atoms with Crippen LogP contribution in [0.5, 0.6) is 0 Å². The number of nitrogens with zero attached hydrogens (tertiary/aromatic N) is 1. The first-order valence-electron chi connectivity index (χ1n) is 5.19. The molecule has 0 spiro atoms.